The van der Waals surface area contributed by atoms with Crippen molar-refractivity contribution in [1.29, 1.82) is 0 Å². The van der Waals surface area contributed by atoms with Gasteiger partial charge in [0.1, 0.15) is 0 Å². The summed E-state index contributed by atoms with van der Waals surface area (Å²) < 4.78 is 24.6. The molecule has 0 radical (unpaired) electrons. The predicted octanol–water partition coefficient (Wildman–Crippen LogP) is 1.62. The van der Waals surface area contributed by atoms with E-state index in [1.165, 1.54) is 0 Å². The third-order valence-corrected chi connectivity index (χ3v) is 3.47. The Hall–Kier alpha value is -1.60. The molecule has 0 heterocycles. The fraction of sp³-hybridized carbons (Fsp3) is 0.500. The standard InChI is InChI=1S/C14H23N3O3S/c1-10(2)8-11(9-15)14(18)16-12-4-6-13(7-5-12)17-21(3,19)20/h4-7,10-11,17H,8-9,15H2,1-3H3,(H,16,18). The summed E-state index contributed by atoms with van der Waals surface area (Å²) in [5, 5.41) is 2.79. The first-order chi connectivity index (χ1) is 9.71. The fourth-order valence-electron chi connectivity index (χ4n) is 1.96. The van der Waals surface area contributed by atoms with Gasteiger partial charge in [-0.15, -0.1) is 0 Å². The van der Waals surface area contributed by atoms with Crippen LogP contribution in [0, 0.1) is 11.8 Å². The summed E-state index contributed by atoms with van der Waals surface area (Å²) in [5.74, 6) is 0.0551. The molecule has 1 aromatic rings. The average Bonchev–Trinajstić information content (AvgIpc) is 2.36. The van der Waals surface area contributed by atoms with Gasteiger partial charge in [-0.3, -0.25) is 9.52 Å². The van der Waals surface area contributed by atoms with Gasteiger partial charge in [-0.25, -0.2) is 8.42 Å². The third-order valence-electron chi connectivity index (χ3n) is 2.87. The second kappa shape index (κ2) is 7.42. The van der Waals surface area contributed by atoms with Gasteiger partial charge in [-0.05, 0) is 36.6 Å². The van der Waals surface area contributed by atoms with Crippen molar-refractivity contribution < 1.29 is 13.2 Å². The molecule has 1 rings (SSSR count). The van der Waals surface area contributed by atoms with Gasteiger partial charge in [0.25, 0.3) is 0 Å². The molecule has 0 saturated heterocycles. The summed E-state index contributed by atoms with van der Waals surface area (Å²) in [5.41, 5.74) is 6.70. The Morgan fingerprint density at radius 3 is 2.14 bits per heavy atom. The Morgan fingerprint density at radius 2 is 1.71 bits per heavy atom. The molecule has 4 N–H and O–H groups in total. The molecule has 0 aliphatic rings. The number of hydrogen-bond acceptors (Lipinski definition) is 4. The largest absolute Gasteiger partial charge is 0.330 e. The van der Waals surface area contributed by atoms with E-state index in [9.17, 15) is 13.2 Å². The minimum absolute atomic E-state index is 0.116. The van der Waals surface area contributed by atoms with Crippen LogP contribution in [0.3, 0.4) is 0 Å². The van der Waals surface area contributed by atoms with E-state index >= 15 is 0 Å². The maximum Gasteiger partial charge on any atom is 0.229 e. The Kier molecular flexibility index (Phi) is 6.17. The van der Waals surface area contributed by atoms with Gasteiger partial charge in [0, 0.05) is 17.9 Å². The molecule has 0 spiro atoms. The molecule has 0 bridgehead atoms. The Bertz CT molecular complexity index is 568. The second-order valence-corrected chi connectivity index (χ2v) is 7.25. The maximum absolute atomic E-state index is 12.1. The summed E-state index contributed by atoms with van der Waals surface area (Å²) in [7, 11) is -3.30. The Labute approximate surface area is 126 Å². The number of nitrogens with two attached hydrogens (primary N) is 1. The van der Waals surface area contributed by atoms with Crippen LogP contribution in [0.2, 0.25) is 0 Å². The van der Waals surface area contributed by atoms with E-state index < -0.39 is 10.0 Å². The van der Waals surface area contributed by atoms with Crippen molar-refractivity contribution >= 4 is 27.3 Å². The van der Waals surface area contributed by atoms with Crippen molar-refractivity contribution in [3.63, 3.8) is 0 Å². The quantitative estimate of drug-likeness (QED) is 0.712. The first-order valence-corrected chi connectivity index (χ1v) is 8.69. The molecule has 0 saturated carbocycles. The number of amides is 1. The van der Waals surface area contributed by atoms with E-state index in [2.05, 4.69) is 10.0 Å². The van der Waals surface area contributed by atoms with Crippen molar-refractivity contribution in [3.05, 3.63) is 24.3 Å². The number of hydrogen-bond donors (Lipinski definition) is 3. The molecule has 0 aliphatic carbocycles. The van der Waals surface area contributed by atoms with Crippen LogP contribution in [-0.4, -0.2) is 27.1 Å². The zero-order valence-corrected chi connectivity index (χ0v) is 13.4. The van der Waals surface area contributed by atoms with Gasteiger partial charge in [-0.1, -0.05) is 13.8 Å². The van der Waals surface area contributed by atoms with Crippen molar-refractivity contribution in [2.75, 3.05) is 22.8 Å². The molecular formula is C14H23N3O3S. The first kappa shape index (κ1) is 17.5. The highest BCUT2D eigenvalue weighted by Crippen LogP contribution is 2.17. The van der Waals surface area contributed by atoms with Crippen LogP contribution < -0.4 is 15.8 Å². The van der Waals surface area contributed by atoms with Crippen LogP contribution in [0.5, 0.6) is 0 Å². The lowest BCUT2D eigenvalue weighted by atomic mass is 9.96. The van der Waals surface area contributed by atoms with Crippen LogP contribution in [0.4, 0.5) is 11.4 Å². The number of sulfonamides is 1. The van der Waals surface area contributed by atoms with E-state index in [1.807, 2.05) is 13.8 Å². The zero-order valence-electron chi connectivity index (χ0n) is 12.6. The van der Waals surface area contributed by atoms with Crippen molar-refractivity contribution in [2.45, 2.75) is 20.3 Å². The number of carbonyl (C=O) groups excluding carboxylic acids is 1. The van der Waals surface area contributed by atoms with Gasteiger partial charge in [-0.2, -0.15) is 0 Å². The summed E-state index contributed by atoms with van der Waals surface area (Å²) in [6.07, 6.45) is 1.82. The maximum atomic E-state index is 12.1. The highest BCUT2D eigenvalue weighted by molar-refractivity contribution is 7.92. The molecule has 1 amide bonds. The Balaban J connectivity index is 2.68. The van der Waals surface area contributed by atoms with Gasteiger partial charge in [0.15, 0.2) is 0 Å². The first-order valence-electron chi connectivity index (χ1n) is 6.80. The topological polar surface area (TPSA) is 101 Å². The normalized spacial score (nSPS) is 13.0. The Morgan fingerprint density at radius 1 is 1.19 bits per heavy atom. The van der Waals surface area contributed by atoms with Crippen molar-refractivity contribution in [3.8, 4) is 0 Å². The molecular weight excluding hydrogens is 290 g/mol. The van der Waals surface area contributed by atoms with Crippen LogP contribution in [-0.2, 0) is 14.8 Å². The highest BCUT2D eigenvalue weighted by atomic mass is 32.2. The zero-order chi connectivity index (χ0) is 16.0. The van der Waals surface area contributed by atoms with Gasteiger partial charge < -0.3 is 11.1 Å². The molecule has 21 heavy (non-hydrogen) atoms. The SMILES string of the molecule is CC(C)CC(CN)C(=O)Nc1ccc(NS(C)(=O)=O)cc1. The molecule has 0 aliphatic heterocycles. The van der Waals surface area contributed by atoms with E-state index in [0.29, 0.717) is 23.8 Å². The molecule has 1 unspecified atom stereocenters. The number of rotatable bonds is 7. The molecule has 1 atom stereocenters. The number of benzene rings is 1. The lowest BCUT2D eigenvalue weighted by Crippen LogP contribution is -2.30. The molecule has 6 nitrogen and oxygen atoms in total. The van der Waals surface area contributed by atoms with Crippen LogP contribution in [0.15, 0.2) is 24.3 Å². The fourth-order valence-corrected chi connectivity index (χ4v) is 2.52. The third kappa shape index (κ3) is 6.59. The molecule has 118 valence electrons. The summed E-state index contributed by atoms with van der Waals surface area (Å²) >= 11 is 0. The minimum atomic E-state index is -3.30. The van der Waals surface area contributed by atoms with Crippen molar-refractivity contribution in [2.24, 2.45) is 17.6 Å². The highest BCUT2D eigenvalue weighted by Gasteiger charge is 2.18. The minimum Gasteiger partial charge on any atom is -0.330 e. The number of nitrogens with one attached hydrogen (secondary N) is 2. The summed E-state index contributed by atoms with van der Waals surface area (Å²) in [6.45, 7) is 4.39. The molecule has 0 aromatic heterocycles. The smallest absolute Gasteiger partial charge is 0.229 e. The van der Waals surface area contributed by atoms with Crippen molar-refractivity contribution in [1.82, 2.24) is 0 Å². The van der Waals surface area contributed by atoms with E-state index in [0.717, 1.165) is 12.7 Å². The molecule has 1 aromatic carbocycles. The van der Waals surface area contributed by atoms with Crippen LogP contribution in [0.1, 0.15) is 20.3 Å². The summed E-state index contributed by atoms with van der Waals surface area (Å²) in [4.78, 5) is 12.1. The lowest BCUT2D eigenvalue weighted by Gasteiger charge is -2.17. The lowest BCUT2D eigenvalue weighted by molar-refractivity contribution is -0.120. The molecule has 7 heteroatoms. The van der Waals surface area contributed by atoms with E-state index in [4.69, 9.17) is 5.73 Å². The number of carbonyl (C=O) groups is 1. The van der Waals surface area contributed by atoms with Crippen LogP contribution in [0.25, 0.3) is 0 Å². The average molecular weight is 313 g/mol. The molecule has 0 fully saturated rings. The second-order valence-electron chi connectivity index (χ2n) is 5.50. The van der Waals surface area contributed by atoms with Gasteiger partial charge >= 0.3 is 0 Å². The van der Waals surface area contributed by atoms with E-state index in [1.54, 1.807) is 24.3 Å². The van der Waals surface area contributed by atoms with Gasteiger partial charge in [0.05, 0.1) is 12.2 Å². The van der Waals surface area contributed by atoms with Gasteiger partial charge in [0.2, 0.25) is 15.9 Å². The number of anilines is 2. The van der Waals surface area contributed by atoms with E-state index in [-0.39, 0.29) is 11.8 Å². The predicted molar refractivity (Wildman–Crippen MR) is 85.5 cm³/mol. The van der Waals surface area contributed by atoms with Crippen LogP contribution >= 0.6 is 0 Å². The summed E-state index contributed by atoms with van der Waals surface area (Å²) in [6, 6.07) is 6.48. The monoisotopic (exact) mass is 313 g/mol.